The van der Waals surface area contributed by atoms with Crippen molar-refractivity contribution in [2.75, 3.05) is 13.1 Å². The predicted molar refractivity (Wildman–Crippen MR) is 127 cm³/mol. The van der Waals surface area contributed by atoms with E-state index in [2.05, 4.69) is 13.8 Å². The van der Waals surface area contributed by atoms with Crippen LogP contribution in [0.5, 0.6) is 0 Å². The van der Waals surface area contributed by atoms with E-state index in [1.165, 1.54) is 32.1 Å². The van der Waals surface area contributed by atoms with E-state index >= 15 is 0 Å². The summed E-state index contributed by atoms with van der Waals surface area (Å²) >= 11 is 0. The number of hydrogen-bond donors (Lipinski definition) is 2. The van der Waals surface area contributed by atoms with Gasteiger partial charge < -0.3 is 19.5 Å². The predicted octanol–water partition coefficient (Wildman–Crippen LogP) is 5.90. The van der Waals surface area contributed by atoms with E-state index in [0.717, 1.165) is 38.5 Å². The minimum atomic E-state index is -4.82. The van der Waals surface area contributed by atoms with Crippen molar-refractivity contribution in [3.63, 3.8) is 0 Å². The van der Waals surface area contributed by atoms with Crippen LogP contribution >= 0.6 is 7.60 Å². The number of quaternary nitrogens is 1. The van der Waals surface area contributed by atoms with Crippen LogP contribution in [0.3, 0.4) is 0 Å². The Morgan fingerprint density at radius 1 is 0.935 bits per heavy atom. The minimum absolute atomic E-state index is 0.0331. The fourth-order valence-corrected chi connectivity index (χ4v) is 6.62. The molecule has 31 heavy (non-hydrogen) atoms. The molecule has 7 heteroatoms. The summed E-state index contributed by atoms with van der Waals surface area (Å²) in [5, 5.41) is 8.66. The molecule has 0 radical (unpaired) electrons. The molecule has 0 aromatic carbocycles. The number of unbranched alkanes of at least 4 members (excludes halogenated alkanes) is 6. The van der Waals surface area contributed by atoms with Crippen LogP contribution in [0.15, 0.2) is 0 Å². The molecule has 0 aliphatic rings. The first-order valence-electron chi connectivity index (χ1n) is 12.9. The third-order valence-corrected chi connectivity index (χ3v) is 8.49. The van der Waals surface area contributed by atoms with Gasteiger partial charge in [-0.25, -0.2) is 0 Å². The van der Waals surface area contributed by atoms with Gasteiger partial charge in [-0.05, 0) is 32.6 Å². The lowest BCUT2D eigenvalue weighted by molar-refractivity contribution is -1.14. The quantitative estimate of drug-likeness (QED) is 0.101. The molecule has 2 N–H and O–H groups in total. The third kappa shape index (κ3) is 9.43. The van der Waals surface area contributed by atoms with Gasteiger partial charge in [-0.3, -0.25) is 0 Å². The maximum atomic E-state index is 12.8. The summed E-state index contributed by atoms with van der Waals surface area (Å²) in [7, 11) is -4.82. The zero-order valence-electron chi connectivity index (χ0n) is 21.3. The van der Waals surface area contributed by atoms with Gasteiger partial charge in [-0.2, -0.15) is 9.48 Å². The third-order valence-electron chi connectivity index (χ3n) is 6.58. The van der Waals surface area contributed by atoms with E-state index in [1.807, 2.05) is 13.8 Å². The number of hydroxylamine groups is 3. The smallest absolute Gasteiger partial charge is 0.196 e. The van der Waals surface area contributed by atoms with Gasteiger partial charge in [0.05, 0.1) is 6.10 Å². The number of hydrogen-bond acceptors (Lipinski definition) is 4. The van der Waals surface area contributed by atoms with Crippen molar-refractivity contribution >= 4 is 7.60 Å². The van der Waals surface area contributed by atoms with Crippen molar-refractivity contribution < 1.29 is 28.9 Å². The Labute approximate surface area is 192 Å². The Balaban J connectivity index is 5.68. The van der Waals surface area contributed by atoms with Crippen LogP contribution < -0.4 is 4.89 Å². The summed E-state index contributed by atoms with van der Waals surface area (Å²) in [5.74, 6) is 0. The van der Waals surface area contributed by atoms with E-state index in [9.17, 15) is 19.5 Å². The fraction of sp³-hybridized carbons (Fsp3) is 1.00. The fourth-order valence-electron chi connectivity index (χ4n) is 5.02. The highest BCUT2D eigenvalue weighted by Crippen LogP contribution is 2.58. The number of nitrogens with zero attached hydrogens (tertiary/aromatic N) is 1. The molecule has 4 atom stereocenters. The van der Waals surface area contributed by atoms with Crippen molar-refractivity contribution in [1.82, 2.24) is 0 Å². The van der Waals surface area contributed by atoms with Crippen molar-refractivity contribution in [3.8, 4) is 0 Å². The van der Waals surface area contributed by atoms with Crippen LogP contribution in [-0.2, 0) is 9.40 Å². The molecule has 0 fully saturated rings. The largest absolute Gasteiger partial charge is 0.774 e. The second-order valence-electron chi connectivity index (χ2n) is 9.29. The maximum Gasteiger partial charge on any atom is 0.196 e. The monoisotopic (exact) mass is 465 g/mol. The molecule has 0 aromatic rings. The van der Waals surface area contributed by atoms with Crippen LogP contribution in [0.1, 0.15) is 125 Å². The molecule has 0 aliphatic heterocycles. The van der Waals surface area contributed by atoms with Gasteiger partial charge in [-0.1, -0.05) is 79.6 Å². The number of aliphatic hydroxyl groups excluding tert-OH is 1. The normalized spacial score (nSPS) is 18.4. The number of aliphatic hydroxyl groups is 1. The molecule has 0 rings (SSSR count). The van der Waals surface area contributed by atoms with Crippen LogP contribution in [0.25, 0.3) is 0 Å². The van der Waals surface area contributed by atoms with Gasteiger partial charge in [0, 0.05) is 12.8 Å². The van der Waals surface area contributed by atoms with Crippen LogP contribution in [0, 0.1) is 0 Å². The molecule has 0 aromatic heterocycles. The molecule has 0 bridgehead atoms. The standard InChI is InChI=1S/C24H52NO5P/c1-7-12-13-14-15-16-17-18-23(10-4)30-25(19-8-2,20-9-3)24(11-5,21-22(6)26)31(27,28)29/h22-23,26H,7-21H2,1-6H3,(H-,27,28,29). The van der Waals surface area contributed by atoms with E-state index in [0.29, 0.717) is 13.1 Å². The van der Waals surface area contributed by atoms with Gasteiger partial charge in [0.2, 0.25) is 0 Å². The molecule has 0 aliphatic carbocycles. The Morgan fingerprint density at radius 3 is 1.84 bits per heavy atom. The first kappa shape index (κ1) is 31.0. The molecule has 0 saturated carbocycles. The van der Waals surface area contributed by atoms with Crippen molar-refractivity contribution in [1.29, 1.82) is 0 Å². The number of rotatable bonds is 20. The average molecular weight is 466 g/mol. The molecule has 4 unspecified atom stereocenters. The molecule has 188 valence electrons. The van der Waals surface area contributed by atoms with Crippen LogP contribution in [0.4, 0.5) is 0 Å². The zero-order valence-corrected chi connectivity index (χ0v) is 22.2. The molecule has 0 amide bonds. The van der Waals surface area contributed by atoms with Crippen molar-refractivity contribution in [3.05, 3.63) is 0 Å². The topological polar surface area (TPSA) is 89.8 Å². The molecule has 0 saturated heterocycles. The van der Waals surface area contributed by atoms with Gasteiger partial charge in [0.15, 0.2) is 12.9 Å². The van der Waals surface area contributed by atoms with Crippen LogP contribution in [-0.4, -0.2) is 45.2 Å². The molecule has 0 heterocycles. The van der Waals surface area contributed by atoms with E-state index in [4.69, 9.17) is 4.84 Å². The molecular weight excluding hydrogens is 413 g/mol. The molecular formula is C24H52NO5P. The summed E-state index contributed by atoms with van der Waals surface area (Å²) < 4.78 is 12.7. The average Bonchev–Trinajstić information content (AvgIpc) is 2.69. The van der Waals surface area contributed by atoms with Crippen molar-refractivity contribution in [2.24, 2.45) is 0 Å². The summed E-state index contributed by atoms with van der Waals surface area (Å²) in [5.41, 5.74) is 0. The summed E-state index contributed by atoms with van der Waals surface area (Å²) in [4.78, 5) is 30.0. The Kier molecular flexibility index (Phi) is 15.8. The van der Waals surface area contributed by atoms with Crippen LogP contribution in [0.2, 0.25) is 0 Å². The Morgan fingerprint density at radius 2 is 1.45 bits per heavy atom. The second-order valence-corrected chi connectivity index (χ2v) is 11.2. The van der Waals surface area contributed by atoms with Gasteiger partial charge in [0.25, 0.3) is 0 Å². The van der Waals surface area contributed by atoms with Gasteiger partial charge >= 0.3 is 0 Å². The zero-order chi connectivity index (χ0) is 24.0. The van der Waals surface area contributed by atoms with Gasteiger partial charge in [0.1, 0.15) is 19.2 Å². The van der Waals surface area contributed by atoms with Crippen molar-refractivity contribution in [2.45, 2.75) is 143 Å². The highest BCUT2D eigenvalue weighted by atomic mass is 31.2. The summed E-state index contributed by atoms with van der Waals surface area (Å²) in [6, 6.07) is 0. The Hall–Kier alpha value is 0.0300. The maximum absolute atomic E-state index is 12.8. The van der Waals surface area contributed by atoms with Gasteiger partial charge in [-0.15, -0.1) is 0 Å². The van der Waals surface area contributed by atoms with E-state index in [1.54, 1.807) is 13.8 Å². The summed E-state index contributed by atoms with van der Waals surface area (Å²) in [6.45, 7) is 12.7. The lowest BCUT2D eigenvalue weighted by Crippen LogP contribution is -2.67. The Bertz CT molecular complexity index is 490. The van der Waals surface area contributed by atoms with E-state index < -0.39 is 19.0 Å². The second kappa shape index (κ2) is 15.8. The summed E-state index contributed by atoms with van der Waals surface area (Å²) in [6.07, 6.45) is 11.0. The molecule has 0 spiro atoms. The SMILES string of the molecule is CCCCCCCCCC(CC)O[N+](CCC)(CCC)C(CC)(CC(C)O)P(=O)([O-])O. The lowest BCUT2D eigenvalue weighted by Gasteiger charge is -2.55. The lowest BCUT2D eigenvalue weighted by atomic mass is 10.0. The first-order chi connectivity index (χ1) is 14.6. The highest BCUT2D eigenvalue weighted by molar-refractivity contribution is 7.51. The minimum Gasteiger partial charge on any atom is -0.774 e. The highest BCUT2D eigenvalue weighted by Gasteiger charge is 2.59. The van der Waals surface area contributed by atoms with E-state index in [-0.39, 0.29) is 23.6 Å². The first-order valence-corrected chi connectivity index (χ1v) is 14.4. The molecule has 6 nitrogen and oxygen atoms in total.